The maximum atomic E-state index is 9.31. The van der Waals surface area contributed by atoms with Gasteiger partial charge in [0.2, 0.25) is 0 Å². The molecule has 1 aliphatic heterocycles. The van der Waals surface area contributed by atoms with Gasteiger partial charge in [-0.1, -0.05) is 0 Å². The lowest BCUT2D eigenvalue weighted by Gasteiger charge is -2.36. The van der Waals surface area contributed by atoms with Crippen molar-refractivity contribution in [2.24, 2.45) is 0 Å². The lowest BCUT2D eigenvalue weighted by Crippen LogP contribution is -2.42. The van der Waals surface area contributed by atoms with E-state index in [4.69, 9.17) is 5.73 Å². The van der Waals surface area contributed by atoms with Crippen LogP contribution < -0.4 is 10.6 Å². The average molecular weight is 207 g/mol. The molecule has 1 atom stereocenters. The van der Waals surface area contributed by atoms with Crippen molar-refractivity contribution in [3.05, 3.63) is 18.3 Å². The SMILES string of the molecule is Nc1ncccc1N1CCCCC1CO. The Morgan fingerprint density at radius 2 is 2.40 bits per heavy atom. The third-order valence-corrected chi connectivity index (χ3v) is 2.96. The van der Waals surface area contributed by atoms with E-state index >= 15 is 0 Å². The minimum atomic E-state index is 0.189. The Morgan fingerprint density at radius 1 is 1.53 bits per heavy atom. The largest absolute Gasteiger partial charge is 0.394 e. The summed E-state index contributed by atoms with van der Waals surface area (Å²) in [5, 5.41) is 9.31. The summed E-state index contributed by atoms with van der Waals surface area (Å²) in [6.07, 6.45) is 5.06. The van der Waals surface area contributed by atoms with Crippen molar-refractivity contribution in [3.8, 4) is 0 Å². The normalized spacial score (nSPS) is 21.7. The lowest BCUT2D eigenvalue weighted by atomic mass is 10.0. The van der Waals surface area contributed by atoms with Crippen molar-refractivity contribution in [3.63, 3.8) is 0 Å². The van der Waals surface area contributed by atoms with Gasteiger partial charge in [0.25, 0.3) is 0 Å². The Hall–Kier alpha value is -1.29. The Balaban J connectivity index is 2.24. The minimum absolute atomic E-state index is 0.189. The number of anilines is 2. The molecular weight excluding hydrogens is 190 g/mol. The van der Waals surface area contributed by atoms with Crippen LogP contribution in [0.5, 0.6) is 0 Å². The summed E-state index contributed by atoms with van der Waals surface area (Å²) < 4.78 is 0. The molecule has 1 aromatic heterocycles. The molecule has 2 rings (SSSR count). The molecule has 82 valence electrons. The molecule has 0 radical (unpaired) electrons. The van der Waals surface area contributed by atoms with Gasteiger partial charge in [-0.15, -0.1) is 0 Å². The number of hydrogen-bond donors (Lipinski definition) is 2. The van der Waals surface area contributed by atoms with Gasteiger partial charge in [-0.05, 0) is 31.4 Å². The molecule has 1 aliphatic rings. The number of aromatic nitrogens is 1. The number of nitrogens with zero attached hydrogens (tertiary/aromatic N) is 2. The third-order valence-electron chi connectivity index (χ3n) is 2.96. The van der Waals surface area contributed by atoms with E-state index in [1.165, 1.54) is 6.42 Å². The second kappa shape index (κ2) is 4.49. The molecule has 2 heterocycles. The fourth-order valence-electron chi connectivity index (χ4n) is 2.16. The monoisotopic (exact) mass is 207 g/mol. The minimum Gasteiger partial charge on any atom is -0.394 e. The van der Waals surface area contributed by atoms with E-state index in [-0.39, 0.29) is 12.6 Å². The summed E-state index contributed by atoms with van der Waals surface area (Å²) in [6.45, 7) is 1.15. The molecule has 1 fully saturated rings. The van der Waals surface area contributed by atoms with E-state index in [1.54, 1.807) is 6.20 Å². The fourth-order valence-corrected chi connectivity index (χ4v) is 2.16. The van der Waals surface area contributed by atoms with Crippen LogP contribution in [0.25, 0.3) is 0 Å². The summed E-state index contributed by atoms with van der Waals surface area (Å²) in [5.41, 5.74) is 6.79. The molecule has 4 nitrogen and oxygen atoms in total. The molecule has 3 N–H and O–H groups in total. The number of hydrogen-bond acceptors (Lipinski definition) is 4. The van der Waals surface area contributed by atoms with Gasteiger partial charge in [0.05, 0.1) is 18.3 Å². The number of rotatable bonds is 2. The van der Waals surface area contributed by atoms with E-state index in [1.807, 2.05) is 12.1 Å². The Labute approximate surface area is 89.7 Å². The molecule has 0 spiro atoms. The second-order valence-corrected chi connectivity index (χ2v) is 3.93. The highest BCUT2D eigenvalue weighted by Gasteiger charge is 2.23. The third kappa shape index (κ3) is 2.04. The van der Waals surface area contributed by atoms with Gasteiger partial charge in [0.15, 0.2) is 0 Å². The number of pyridine rings is 1. The molecule has 0 saturated carbocycles. The maximum absolute atomic E-state index is 9.31. The summed E-state index contributed by atoms with van der Waals surface area (Å²) in [7, 11) is 0. The summed E-state index contributed by atoms with van der Waals surface area (Å²) in [6, 6.07) is 4.05. The Bertz CT molecular complexity index is 329. The van der Waals surface area contributed by atoms with Crippen molar-refractivity contribution >= 4 is 11.5 Å². The number of nitrogens with two attached hydrogens (primary N) is 1. The molecular formula is C11H17N3O. The van der Waals surface area contributed by atoms with E-state index in [2.05, 4.69) is 9.88 Å². The van der Waals surface area contributed by atoms with Crippen LogP contribution in [-0.4, -0.2) is 29.3 Å². The van der Waals surface area contributed by atoms with Crippen molar-refractivity contribution in [1.82, 2.24) is 4.98 Å². The van der Waals surface area contributed by atoms with Crippen molar-refractivity contribution in [1.29, 1.82) is 0 Å². The van der Waals surface area contributed by atoms with Crippen LogP contribution in [0.2, 0.25) is 0 Å². The van der Waals surface area contributed by atoms with Gasteiger partial charge >= 0.3 is 0 Å². The van der Waals surface area contributed by atoms with Crippen LogP contribution in [-0.2, 0) is 0 Å². The summed E-state index contributed by atoms with van der Waals surface area (Å²) in [4.78, 5) is 6.25. The quantitative estimate of drug-likeness (QED) is 0.760. The molecule has 1 unspecified atom stereocenters. The lowest BCUT2D eigenvalue weighted by molar-refractivity contribution is 0.240. The Morgan fingerprint density at radius 3 is 3.13 bits per heavy atom. The number of aliphatic hydroxyl groups is 1. The van der Waals surface area contributed by atoms with Crippen LogP contribution in [0.1, 0.15) is 19.3 Å². The van der Waals surface area contributed by atoms with Crippen molar-refractivity contribution in [2.45, 2.75) is 25.3 Å². The maximum Gasteiger partial charge on any atom is 0.146 e. The molecule has 0 bridgehead atoms. The molecule has 0 aliphatic carbocycles. The first kappa shape index (κ1) is 10.2. The van der Waals surface area contributed by atoms with E-state index in [9.17, 15) is 5.11 Å². The molecule has 0 amide bonds. The van der Waals surface area contributed by atoms with Gasteiger partial charge < -0.3 is 15.7 Å². The van der Waals surface area contributed by atoms with Gasteiger partial charge in [-0.25, -0.2) is 4.98 Å². The second-order valence-electron chi connectivity index (χ2n) is 3.93. The van der Waals surface area contributed by atoms with Crippen LogP contribution in [0.15, 0.2) is 18.3 Å². The number of piperidine rings is 1. The zero-order valence-electron chi connectivity index (χ0n) is 8.76. The molecule has 1 aromatic rings. The standard InChI is InChI=1S/C11H17N3O/c12-11-10(5-3-6-13-11)14-7-2-1-4-9(14)8-15/h3,5-6,9,15H,1-2,4,7-8H2,(H2,12,13). The predicted octanol–water partition coefficient (Wildman–Crippen LogP) is 1.01. The van der Waals surface area contributed by atoms with Gasteiger partial charge in [-0.3, -0.25) is 0 Å². The Kier molecular flexibility index (Phi) is 3.06. The topological polar surface area (TPSA) is 62.4 Å². The van der Waals surface area contributed by atoms with Gasteiger partial charge in [-0.2, -0.15) is 0 Å². The highest BCUT2D eigenvalue weighted by Crippen LogP contribution is 2.27. The van der Waals surface area contributed by atoms with Crippen LogP contribution in [0.3, 0.4) is 0 Å². The average Bonchev–Trinajstić information content (AvgIpc) is 2.30. The first-order chi connectivity index (χ1) is 7.33. The fraction of sp³-hybridized carbons (Fsp3) is 0.545. The van der Waals surface area contributed by atoms with Crippen molar-refractivity contribution in [2.75, 3.05) is 23.8 Å². The summed E-state index contributed by atoms with van der Waals surface area (Å²) >= 11 is 0. The zero-order chi connectivity index (χ0) is 10.7. The van der Waals surface area contributed by atoms with Gasteiger partial charge in [0.1, 0.15) is 5.82 Å². The highest BCUT2D eigenvalue weighted by molar-refractivity contribution is 5.63. The number of nitrogen functional groups attached to an aromatic ring is 1. The van der Waals surface area contributed by atoms with Crippen molar-refractivity contribution < 1.29 is 5.11 Å². The summed E-state index contributed by atoms with van der Waals surface area (Å²) in [5.74, 6) is 0.554. The van der Waals surface area contributed by atoms with E-state index in [0.717, 1.165) is 25.1 Å². The van der Waals surface area contributed by atoms with E-state index in [0.29, 0.717) is 5.82 Å². The molecule has 4 heteroatoms. The van der Waals surface area contributed by atoms with Crippen LogP contribution >= 0.6 is 0 Å². The van der Waals surface area contributed by atoms with E-state index < -0.39 is 0 Å². The molecule has 0 aromatic carbocycles. The predicted molar refractivity (Wildman–Crippen MR) is 60.7 cm³/mol. The van der Waals surface area contributed by atoms with Gasteiger partial charge in [0, 0.05) is 12.7 Å². The first-order valence-electron chi connectivity index (χ1n) is 5.41. The number of aliphatic hydroxyl groups excluding tert-OH is 1. The molecule has 1 saturated heterocycles. The van der Waals surface area contributed by atoms with Crippen LogP contribution in [0, 0.1) is 0 Å². The first-order valence-corrected chi connectivity index (χ1v) is 5.41. The highest BCUT2D eigenvalue weighted by atomic mass is 16.3. The smallest absolute Gasteiger partial charge is 0.146 e. The zero-order valence-corrected chi connectivity index (χ0v) is 8.76. The molecule has 15 heavy (non-hydrogen) atoms. The van der Waals surface area contributed by atoms with Crippen LogP contribution in [0.4, 0.5) is 11.5 Å².